The number of halogens is 1. The van der Waals surface area contributed by atoms with E-state index < -0.39 is 11.6 Å². The molecule has 86 valence electrons. The van der Waals surface area contributed by atoms with Crippen molar-refractivity contribution in [2.75, 3.05) is 18.4 Å². The van der Waals surface area contributed by atoms with Crippen molar-refractivity contribution in [3.05, 3.63) is 29.8 Å². The molecule has 1 saturated heterocycles. The molecule has 1 amide bonds. The minimum atomic E-state index is -1.76. The summed E-state index contributed by atoms with van der Waals surface area (Å²) in [4.78, 5) is 11.7. The number of hydrogen-bond donors (Lipinski definition) is 2. The summed E-state index contributed by atoms with van der Waals surface area (Å²) in [6.07, 6.45) is 0.241. The average molecular weight is 222 g/mol. The van der Waals surface area contributed by atoms with Crippen molar-refractivity contribution in [3.63, 3.8) is 0 Å². The number of alkyl halides is 1. The molecular weight excluding hydrogens is 207 g/mol. The van der Waals surface area contributed by atoms with Gasteiger partial charge in [0.2, 0.25) is 5.67 Å². The van der Waals surface area contributed by atoms with Gasteiger partial charge in [0.25, 0.3) is 5.91 Å². The summed E-state index contributed by atoms with van der Waals surface area (Å²) in [6, 6.07) is 7.32. The molecule has 1 fully saturated rings. The number of benzene rings is 1. The number of aryl methyl sites for hydroxylation is 1. The molecule has 1 heterocycles. The van der Waals surface area contributed by atoms with E-state index in [2.05, 4.69) is 10.6 Å². The summed E-state index contributed by atoms with van der Waals surface area (Å²) in [7, 11) is 0. The van der Waals surface area contributed by atoms with E-state index in [1.165, 1.54) is 0 Å². The lowest BCUT2D eigenvalue weighted by Crippen LogP contribution is -2.40. The van der Waals surface area contributed by atoms with Crippen molar-refractivity contribution in [1.29, 1.82) is 0 Å². The first-order valence-corrected chi connectivity index (χ1v) is 5.38. The molecule has 1 atom stereocenters. The largest absolute Gasteiger partial charge is 0.323 e. The van der Waals surface area contributed by atoms with Crippen molar-refractivity contribution in [2.24, 2.45) is 0 Å². The third-order valence-electron chi connectivity index (χ3n) is 2.82. The van der Waals surface area contributed by atoms with Crippen LogP contribution in [-0.4, -0.2) is 24.7 Å². The van der Waals surface area contributed by atoms with E-state index in [1.54, 1.807) is 12.1 Å². The second-order valence-corrected chi connectivity index (χ2v) is 4.21. The van der Waals surface area contributed by atoms with Crippen LogP contribution in [0.1, 0.15) is 12.0 Å². The lowest BCUT2D eigenvalue weighted by atomic mass is 10.0. The highest BCUT2D eigenvalue weighted by molar-refractivity contribution is 5.97. The Labute approximate surface area is 94.0 Å². The van der Waals surface area contributed by atoms with E-state index in [4.69, 9.17) is 0 Å². The van der Waals surface area contributed by atoms with Gasteiger partial charge in [-0.3, -0.25) is 4.79 Å². The zero-order chi connectivity index (χ0) is 11.6. The molecule has 1 aromatic rings. The predicted octanol–water partition coefficient (Wildman–Crippen LogP) is 1.64. The maximum Gasteiger partial charge on any atom is 0.263 e. The van der Waals surface area contributed by atoms with Crippen LogP contribution < -0.4 is 10.6 Å². The zero-order valence-electron chi connectivity index (χ0n) is 9.22. The van der Waals surface area contributed by atoms with Crippen LogP contribution in [0.2, 0.25) is 0 Å². The fourth-order valence-corrected chi connectivity index (χ4v) is 1.74. The lowest BCUT2D eigenvalue weighted by Gasteiger charge is -2.17. The molecule has 1 aromatic carbocycles. The van der Waals surface area contributed by atoms with E-state index in [1.807, 2.05) is 19.1 Å². The first-order valence-electron chi connectivity index (χ1n) is 5.38. The van der Waals surface area contributed by atoms with Crippen molar-refractivity contribution >= 4 is 11.6 Å². The number of nitrogens with one attached hydrogen (secondary N) is 2. The third kappa shape index (κ3) is 2.22. The smallest absolute Gasteiger partial charge is 0.263 e. The molecule has 0 bridgehead atoms. The Morgan fingerprint density at radius 1 is 1.44 bits per heavy atom. The van der Waals surface area contributed by atoms with E-state index in [9.17, 15) is 9.18 Å². The quantitative estimate of drug-likeness (QED) is 0.798. The summed E-state index contributed by atoms with van der Waals surface area (Å²) in [6.45, 7) is 2.62. The summed E-state index contributed by atoms with van der Waals surface area (Å²) in [5.41, 5.74) is -0.0137. The number of amides is 1. The highest BCUT2D eigenvalue weighted by Crippen LogP contribution is 2.22. The Kier molecular flexibility index (Phi) is 2.92. The molecule has 0 aliphatic carbocycles. The van der Waals surface area contributed by atoms with E-state index in [0.717, 1.165) is 5.56 Å². The van der Waals surface area contributed by atoms with Gasteiger partial charge < -0.3 is 10.6 Å². The minimum absolute atomic E-state index is 0.102. The van der Waals surface area contributed by atoms with Crippen molar-refractivity contribution in [3.8, 4) is 0 Å². The van der Waals surface area contributed by atoms with Gasteiger partial charge in [-0.25, -0.2) is 4.39 Å². The fourth-order valence-electron chi connectivity index (χ4n) is 1.74. The molecule has 1 unspecified atom stereocenters. The molecule has 0 saturated carbocycles. The van der Waals surface area contributed by atoms with E-state index in [-0.39, 0.29) is 13.0 Å². The number of carbonyl (C=O) groups is 1. The first kappa shape index (κ1) is 11.1. The summed E-state index contributed by atoms with van der Waals surface area (Å²) in [5, 5.41) is 5.45. The SMILES string of the molecule is Cc1ccc(NC(=O)C2(F)CCNC2)cc1. The van der Waals surface area contributed by atoms with E-state index in [0.29, 0.717) is 12.2 Å². The molecule has 4 heteroatoms. The zero-order valence-corrected chi connectivity index (χ0v) is 9.22. The monoisotopic (exact) mass is 222 g/mol. The van der Waals surface area contributed by atoms with Gasteiger partial charge in [-0.2, -0.15) is 0 Å². The molecule has 0 aromatic heterocycles. The van der Waals surface area contributed by atoms with Crippen LogP contribution in [0.5, 0.6) is 0 Å². The maximum absolute atomic E-state index is 14.0. The van der Waals surface area contributed by atoms with Gasteiger partial charge in [-0.15, -0.1) is 0 Å². The normalized spacial score (nSPS) is 24.4. The molecule has 16 heavy (non-hydrogen) atoms. The molecule has 0 radical (unpaired) electrons. The highest BCUT2D eigenvalue weighted by atomic mass is 19.1. The van der Waals surface area contributed by atoms with E-state index >= 15 is 0 Å². The van der Waals surface area contributed by atoms with Crippen LogP contribution in [0.4, 0.5) is 10.1 Å². The lowest BCUT2D eigenvalue weighted by molar-refractivity contribution is -0.126. The number of anilines is 1. The Hall–Kier alpha value is -1.42. The van der Waals surface area contributed by atoms with Gasteiger partial charge in [-0.1, -0.05) is 17.7 Å². The number of hydrogen-bond acceptors (Lipinski definition) is 2. The first-order chi connectivity index (χ1) is 7.60. The predicted molar refractivity (Wildman–Crippen MR) is 61.1 cm³/mol. The Morgan fingerprint density at radius 3 is 2.69 bits per heavy atom. The molecule has 1 aliphatic rings. The molecule has 1 aliphatic heterocycles. The van der Waals surface area contributed by atoms with Gasteiger partial charge >= 0.3 is 0 Å². The van der Waals surface area contributed by atoms with Gasteiger partial charge in [0.05, 0.1) is 0 Å². The van der Waals surface area contributed by atoms with Gasteiger partial charge in [-0.05, 0) is 25.6 Å². The average Bonchev–Trinajstić information content (AvgIpc) is 2.70. The Bertz CT molecular complexity index is 383. The highest BCUT2D eigenvalue weighted by Gasteiger charge is 2.41. The van der Waals surface area contributed by atoms with Gasteiger partial charge in [0, 0.05) is 18.7 Å². The van der Waals surface area contributed by atoms with Crippen LogP contribution in [0.3, 0.4) is 0 Å². The second kappa shape index (κ2) is 4.22. The molecule has 2 rings (SSSR count). The van der Waals surface area contributed by atoms with Gasteiger partial charge in [0.1, 0.15) is 0 Å². The van der Waals surface area contributed by atoms with Crippen LogP contribution in [-0.2, 0) is 4.79 Å². The minimum Gasteiger partial charge on any atom is -0.323 e. The Balaban J connectivity index is 2.04. The molecule has 2 N–H and O–H groups in total. The number of rotatable bonds is 2. The third-order valence-corrected chi connectivity index (χ3v) is 2.82. The summed E-state index contributed by atoms with van der Waals surface area (Å²) in [5.74, 6) is -0.554. The standard InChI is InChI=1S/C12H15FN2O/c1-9-2-4-10(5-3-9)15-11(16)12(13)6-7-14-8-12/h2-5,14H,6-8H2,1H3,(H,15,16). The van der Waals surface area contributed by atoms with Gasteiger partial charge in [0.15, 0.2) is 0 Å². The summed E-state index contributed by atoms with van der Waals surface area (Å²) >= 11 is 0. The molecule has 3 nitrogen and oxygen atoms in total. The fraction of sp³-hybridized carbons (Fsp3) is 0.417. The van der Waals surface area contributed by atoms with Crippen LogP contribution in [0.25, 0.3) is 0 Å². The van der Waals surface area contributed by atoms with Crippen LogP contribution in [0, 0.1) is 6.92 Å². The topological polar surface area (TPSA) is 41.1 Å². The van der Waals surface area contributed by atoms with Crippen molar-refractivity contribution in [2.45, 2.75) is 19.0 Å². The second-order valence-electron chi connectivity index (χ2n) is 4.21. The van der Waals surface area contributed by atoms with Crippen molar-refractivity contribution < 1.29 is 9.18 Å². The van der Waals surface area contributed by atoms with Crippen molar-refractivity contribution in [1.82, 2.24) is 5.32 Å². The van der Waals surface area contributed by atoms with Crippen LogP contribution in [0.15, 0.2) is 24.3 Å². The number of carbonyl (C=O) groups excluding carboxylic acids is 1. The van der Waals surface area contributed by atoms with Crippen LogP contribution >= 0.6 is 0 Å². The molecule has 0 spiro atoms. The summed E-state index contributed by atoms with van der Waals surface area (Å²) < 4.78 is 14.0. The molecular formula is C12H15FN2O. The maximum atomic E-state index is 14.0. The Morgan fingerprint density at radius 2 is 2.12 bits per heavy atom.